The average molecular weight is 239 g/mol. The maximum atomic E-state index is 11.5. The number of amides is 2. The number of carbonyl (C=O) groups excluding carboxylic acids is 2. The third-order valence-electron chi connectivity index (χ3n) is 2.73. The Morgan fingerprint density at radius 3 is 2.67 bits per heavy atom. The fraction of sp³-hybridized carbons (Fsp3) is 0.0769. The van der Waals surface area contributed by atoms with E-state index < -0.39 is 5.91 Å². The predicted molar refractivity (Wildman–Crippen MR) is 63.6 cm³/mol. The number of nitrogens with one attached hydrogen (secondary N) is 1. The topological polar surface area (TPSA) is 72.0 Å². The van der Waals surface area contributed by atoms with Crippen LogP contribution in [-0.2, 0) is 11.2 Å². The first-order valence-corrected chi connectivity index (χ1v) is 5.49. The molecule has 0 unspecified atom stereocenters. The van der Waals surface area contributed by atoms with Crippen molar-refractivity contribution in [3.8, 4) is 11.4 Å². The van der Waals surface area contributed by atoms with Gasteiger partial charge in [0.25, 0.3) is 5.91 Å². The van der Waals surface area contributed by atoms with Gasteiger partial charge >= 0.3 is 0 Å². The summed E-state index contributed by atoms with van der Waals surface area (Å²) in [7, 11) is 0. The first kappa shape index (κ1) is 10.6. The molecule has 0 aliphatic carbocycles. The van der Waals surface area contributed by atoms with Crippen molar-refractivity contribution in [2.24, 2.45) is 0 Å². The van der Waals surface area contributed by atoms with Crippen molar-refractivity contribution >= 4 is 11.8 Å². The van der Waals surface area contributed by atoms with Crippen molar-refractivity contribution < 1.29 is 9.59 Å². The van der Waals surface area contributed by atoms with Crippen molar-refractivity contribution in [1.29, 1.82) is 0 Å². The maximum Gasteiger partial charge on any atom is 0.261 e. The molecular weight excluding hydrogens is 230 g/mol. The zero-order chi connectivity index (χ0) is 12.5. The Morgan fingerprint density at radius 2 is 1.89 bits per heavy atom. The van der Waals surface area contributed by atoms with E-state index in [-0.39, 0.29) is 12.3 Å². The number of hydrogen-bond acceptors (Lipinski definition) is 4. The van der Waals surface area contributed by atoms with E-state index in [4.69, 9.17) is 0 Å². The highest BCUT2D eigenvalue weighted by Crippen LogP contribution is 2.18. The number of hydrogen-bond donors (Lipinski definition) is 1. The number of rotatable bonds is 1. The lowest BCUT2D eigenvalue weighted by Gasteiger charge is -2.14. The van der Waals surface area contributed by atoms with Crippen LogP contribution in [0.5, 0.6) is 0 Å². The van der Waals surface area contributed by atoms with Gasteiger partial charge in [0.2, 0.25) is 5.91 Å². The van der Waals surface area contributed by atoms with Gasteiger partial charge in [-0.2, -0.15) is 0 Å². The van der Waals surface area contributed by atoms with Gasteiger partial charge in [-0.25, -0.2) is 9.97 Å². The predicted octanol–water partition coefficient (Wildman–Crippen LogP) is 0.956. The van der Waals surface area contributed by atoms with Crippen molar-refractivity contribution in [1.82, 2.24) is 15.3 Å². The first-order chi connectivity index (χ1) is 8.74. The quantitative estimate of drug-likeness (QED) is 0.752. The fourth-order valence-corrected chi connectivity index (χ4v) is 1.86. The number of aromatic nitrogens is 2. The lowest BCUT2D eigenvalue weighted by molar-refractivity contribution is -0.119. The van der Waals surface area contributed by atoms with Gasteiger partial charge in [0, 0.05) is 11.8 Å². The second kappa shape index (κ2) is 4.03. The average Bonchev–Trinajstić information content (AvgIpc) is 2.39. The molecular formula is C13H9N3O2. The van der Waals surface area contributed by atoms with Gasteiger partial charge in [-0.05, 0) is 0 Å². The second-order valence-corrected chi connectivity index (χ2v) is 3.97. The molecule has 1 aromatic carbocycles. The van der Waals surface area contributed by atoms with Gasteiger partial charge in [0.1, 0.15) is 0 Å². The number of carbonyl (C=O) groups is 2. The van der Waals surface area contributed by atoms with Crippen LogP contribution in [0.2, 0.25) is 0 Å². The minimum Gasteiger partial charge on any atom is -0.292 e. The molecule has 0 bridgehead atoms. The van der Waals surface area contributed by atoms with Gasteiger partial charge in [0.05, 0.1) is 17.7 Å². The van der Waals surface area contributed by atoms with Gasteiger partial charge in [-0.3, -0.25) is 14.9 Å². The van der Waals surface area contributed by atoms with Gasteiger partial charge < -0.3 is 0 Å². The van der Waals surface area contributed by atoms with Gasteiger partial charge in [-0.1, -0.05) is 30.3 Å². The van der Waals surface area contributed by atoms with Gasteiger partial charge in [0.15, 0.2) is 5.82 Å². The number of nitrogens with zero attached hydrogens (tertiary/aromatic N) is 2. The largest absolute Gasteiger partial charge is 0.292 e. The molecule has 0 atom stereocenters. The minimum atomic E-state index is -0.430. The smallest absolute Gasteiger partial charge is 0.261 e. The molecule has 5 heteroatoms. The molecule has 18 heavy (non-hydrogen) atoms. The van der Waals surface area contributed by atoms with E-state index in [1.54, 1.807) is 0 Å². The molecule has 0 radical (unpaired) electrons. The monoisotopic (exact) mass is 239 g/mol. The summed E-state index contributed by atoms with van der Waals surface area (Å²) in [4.78, 5) is 31.3. The molecule has 88 valence electrons. The lowest BCUT2D eigenvalue weighted by Crippen LogP contribution is -2.38. The molecule has 1 N–H and O–H groups in total. The molecule has 0 saturated heterocycles. The van der Waals surface area contributed by atoms with Crippen LogP contribution >= 0.6 is 0 Å². The Balaban J connectivity index is 2.09. The molecule has 2 amide bonds. The molecule has 0 saturated carbocycles. The number of fused-ring (bicyclic) bond motifs is 1. The molecule has 0 spiro atoms. The highest BCUT2D eigenvalue weighted by Gasteiger charge is 2.24. The normalized spacial score (nSPS) is 14.0. The lowest BCUT2D eigenvalue weighted by atomic mass is 10.1. The van der Waals surface area contributed by atoms with Crippen LogP contribution in [0.15, 0.2) is 36.5 Å². The molecule has 3 rings (SSSR count). The SMILES string of the molecule is O=C1Cc2nc(-c3ccccc3)ncc2C(=O)N1. The summed E-state index contributed by atoms with van der Waals surface area (Å²) in [6.07, 6.45) is 1.58. The molecule has 2 aromatic rings. The Labute approximate surface area is 103 Å². The summed E-state index contributed by atoms with van der Waals surface area (Å²) in [6.45, 7) is 0. The summed E-state index contributed by atoms with van der Waals surface area (Å²) < 4.78 is 0. The van der Waals surface area contributed by atoms with Crippen LogP contribution in [0, 0.1) is 0 Å². The molecule has 2 heterocycles. The standard InChI is InChI=1S/C13H9N3O2/c17-11-6-10-9(13(18)16-11)7-14-12(15-10)8-4-2-1-3-5-8/h1-5,7H,6H2,(H,16,17,18). The molecule has 1 aliphatic rings. The van der Waals surface area contributed by atoms with E-state index in [0.29, 0.717) is 17.1 Å². The van der Waals surface area contributed by atoms with E-state index >= 15 is 0 Å². The van der Waals surface area contributed by atoms with E-state index in [1.165, 1.54) is 6.20 Å². The van der Waals surface area contributed by atoms with Crippen LogP contribution < -0.4 is 5.32 Å². The van der Waals surface area contributed by atoms with Crippen molar-refractivity contribution in [2.45, 2.75) is 6.42 Å². The van der Waals surface area contributed by atoms with Crippen molar-refractivity contribution in [3.05, 3.63) is 47.8 Å². The molecule has 1 aromatic heterocycles. The zero-order valence-corrected chi connectivity index (χ0v) is 9.38. The van der Waals surface area contributed by atoms with Crippen LogP contribution in [0.3, 0.4) is 0 Å². The third kappa shape index (κ3) is 1.75. The highest BCUT2D eigenvalue weighted by molar-refractivity contribution is 6.09. The second-order valence-electron chi connectivity index (χ2n) is 3.97. The van der Waals surface area contributed by atoms with Crippen LogP contribution in [-0.4, -0.2) is 21.8 Å². The third-order valence-corrected chi connectivity index (χ3v) is 2.73. The number of benzene rings is 1. The fourth-order valence-electron chi connectivity index (χ4n) is 1.86. The van der Waals surface area contributed by atoms with E-state index in [9.17, 15) is 9.59 Å². The summed E-state index contributed by atoms with van der Waals surface area (Å²) >= 11 is 0. The van der Waals surface area contributed by atoms with E-state index in [1.807, 2.05) is 30.3 Å². The van der Waals surface area contributed by atoms with Gasteiger partial charge in [-0.15, -0.1) is 0 Å². The van der Waals surface area contributed by atoms with Crippen LogP contribution in [0.4, 0.5) is 0 Å². The summed E-state index contributed by atoms with van der Waals surface area (Å²) in [5, 5.41) is 2.24. The minimum absolute atomic E-state index is 0.115. The van der Waals surface area contributed by atoms with Crippen molar-refractivity contribution in [3.63, 3.8) is 0 Å². The molecule has 1 aliphatic heterocycles. The van der Waals surface area contributed by atoms with E-state index in [0.717, 1.165) is 5.56 Å². The van der Waals surface area contributed by atoms with E-state index in [2.05, 4.69) is 15.3 Å². The zero-order valence-electron chi connectivity index (χ0n) is 9.38. The Morgan fingerprint density at radius 1 is 1.11 bits per heavy atom. The summed E-state index contributed by atoms with van der Waals surface area (Å²) in [5.74, 6) is -0.233. The molecule has 5 nitrogen and oxygen atoms in total. The first-order valence-electron chi connectivity index (χ1n) is 5.49. The highest BCUT2D eigenvalue weighted by atomic mass is 16.2. The maximum absolute atomic E-state index is 11.5. The number of imide groups is 1. The molecule has 0 fully saturated rings. The Hall–Kier alpha value is -2.56. The van der Waals surface area contributed by atoms with Crippen LogP contribution in [0.25, 0.3) is 11.4 Å². The summed E-state index contributed by atoms with van der Waals surface area (Å²) in [5.41, 5.74) is 1.71. The van der Waals surface area contributed by atoms with Crippen molar-refractivity contribution in [2.75, 3.05) is 0 Å². The summed E-state index contributed by atoms with van der Waals surface area (Å²) in [6, 6.07) is 9.43. The Bertz CT molecular complexity index is 638. The Kier molecular flexibility index (Phi) is 2.37. The van der Waals surface area contributed by atoms with Crippen LogP contribution in [0.1, 0.15) is 16.1 Å².